The van der Waals surface area contributed by atoms with Crippen LogP contribution in [0, 0.1) is 10.1 Å². The fraction of sp³-hybridized carbons (Fsp3) is 0.250. The number of rotatable bonds is 4. The Labute approximate surface area is 122 Å². The zero-order valence-electron chi connectivity index (χ0n) is 11.5. The Morgan fingerprint density at radius 2 is 2.00 bits per heavy atom. The maximum atomic E-state index is 10.9. The summed E-state index contributed by atoms with van der Waals surface area (Å²) in [6.45, 7) is 0.728. The molecule has 1 heterocycles. The number of fused-ring (bicyclic) bond motifs is 1. The van der Waals surface area contributed by atoms with Gasteiger partial charge in [-0.2, -0.15) is 0 Å². The highest BCUT2D eigenvalue weighted by atomic mass is 16.6. The van der Waals surface area contributed by atoms with E-state index in [2.05, 4.69) is 4.90 Å². The quantitative estimate of drug-likeness (QED) is 0.692. The molecule has 0 unspecified atom stereocenters. The summed E-state index contributed by atoms with van der Waals surface area (Å²) >= 11 is 0. The minimum Gasteiger partial charge on any atom is -0.394 e. The zero-order valence-corrected chi connectivity index (χ0v) is 11.5. The van der Waals surface area contributed by atoms with Gasteiger partial charge in [0.05, 0.1) is 17.6 Å². The molecule has 5 heteroatoms. The highest BCUT2D eigenvalue weighted by Crippen LogP contribution is 2.35. The van der Waals surface area contributed by atoms with Crippen LogP contribution in [0.1, 0.15) is 11.1 Å². The number of nitro groups is 1. The minimum atomic E-state index is -0.381. The summed E-state index contributed by atoms with van der Waals surface area (Å²) in [5, 5.41) is 20.5. The van der Waals surface area contributed by atoms with Crippen molar-refractivity contribution in [1.82, 2.24) is 0 Å². The van der Waals surface area contributed by atoms with Gasteiger partial charge in [-0.05, 0) is 23.6 Å². The fourth-order valence-corrected chi connectivity index (χ4v) is 2.85. The van der Waals surface area contributed by atoms with Crippen molar-refractivity contribution < 1.29 is 10.0 Å². The lowest BCUT2D eigenvalue weighted by Crippen LogP contribution is -2.34. The lowest BCUT2D eigenvalue weighted by Gasteiger charge is -2.26. The second kappa shape index (κ2) is 5.54. The van der Waals surface area contributed by atoms with E-state index in [0.29, 0.717) is 13.0 Å². The molecule has 21 heavy (non-hydrogen) atoms. The van der Waals surface area contributed by atoms with E-state index in [1.54, 1.807) is 12.1 Å². The van der Waals surface area contributed by atoms with E-state index >= 15 is 0 Å². The standard InChI is InChI=1S/C16H16N2O3/c19-11-15-9-13-8-14(18(20)21)6-7-16(13)17(15)10-12-4-2-1-3-5-12/h1-8,15,19H,9-11H2/t15-/m0/s1. The molecule has 0 aromatic heterocycles. The Bertz CT molecular complexity index is 658. The van der Waals surface area contributed by atoms with Crippen molar-refractivity contribution in [3.8, 4) is 0 Å². The van der Waals surface area contributed by atoms with Crippen molar-refractivity contribution in [3.05, 3.63) is 69.8 Å². The number of anilines is 1. The van der Waals surface area contributed by atoms with E-state index in [-0.39, 0.29) is 23.3 Å². The Kier molecular flexibility index (Phi) is 3.58. The molecule has 0 fully saturated rings. The third-order valence-electron chi connectivity index (χ3n) is 3.89. The summed E-state index contributed by atoms with van der Waals surface area (Å²) in [6, 6.07) is 14.9. The molecule has 108 valence electrons. The van der Waals surface area contributed by atoms with Crippen LogP contribution in [0.4, 0.5) is 11.4 Å². The molecule has 0 saturated heterocycles. The van der Waals surface area contributed by atoms with Crippen LogP contribution >= 0.6 is 0 Å². The van der Waals surface area contributed by atoms with Crippen molar-refractivity contribution in [1.29, 1.82) is 0 Å². The van der Waals surface area contributed by atoms with Crippen molar-refractivity contribution in [2.45, 2.75) is 19.0 Å². The Balaban J connectivity index is 1.92. The first kappa shape index (κ1) is 13.6. The van der Waals surface area contributed by atoms with Gasteiger partial charge in [-0.1, -0.05) is 30.3 Å². The van der Waals surface area contributed by atoms with Crippen LogP contribution in [-0.2, 0) is 13.0 Å². The predicted octanol–water partition coefficient (Wildman–Crippen LogP) is 2.52. The number of benzene rings is 2. The minimum absolute atomic E-state index is 0.0257. The number of aliphatic hydroxyl groups is 1. The van der Waals surface area contributed by atoms with Crippen LogP contribution in [0.2, 0.25) is 0 Å². The smallest absolute Gasteiger partial charge is 0.269 e. The molecule has 1 aliphatic rings. The normalized spacial score (nSPS) is 16.8. The van der Waals surface area contributed by atoms with E-state index in [1.165, 1.54) is 6.07 Å². The van der Waals surface area contributed by atoms with Gasteiger partial charge in [-0.15, -0.1) is 0 Å². The van der Waals surface area contributed by atoms with Crippen molar-refractivity contribution in [2.24, 2.45) is 0 Å². The number of non-ortho nitro benzene ring substituents is 1. The van der Waals surface area contributed by atoms with Crippen molar-refractivity contribution >= 4 is 11.4 Å². The maximum Gasteiger partial charge on any atom is 0.269 e. The molecule has 0 bridgehead atoms. The van der Waals surface area contributed by atoms with Crippen LogP contribution in [0.5, 0.6) is 0 Å². The van der Waals surface area contributed by atoms with Crippen molar-refractivity contribution in [2.75, 3.05) is 11.5 Å². The molecule has 3 rings (SSSR count). The zero-order chi connectivity index (χ0) is 14.8. The lowest BCUT2D eigenvalue weighted by atomic mass is 10.1. The van der Waals surface area contributed by atoms with Crippen molar-refractivity contribution in [3.63, 3.8) is 0 Å². The fourth-order valence-electron chi connectivity index (χ4n) is 2.85. The first-order chi connectivity index (χ1) is 10.2. The summed E-state index contributed by atoms with van der Waals surface area (Å²) in [6.07, 6.45) is 0.639. The number of aliphatic hydroxyl groups excluding tert-OH is 1. The molecule has 1 atom stereocenters. The van der Waals surface area contributed by atoms with E-state index in [4.69, 9.17) is 0 Å². The third-order valence-corrected chi connectivity index (χ3v) is 3.89. The van der Waals surface area contributed by atoms with Gasteiger partial charge in [0.2, 0.25) is 0 Å². The summed E-state index contributed by atoms with van der Waals surface area (Å²) in [4.78, 5) is 12.6. The van der Waals surface area contributed by atoms with Gasteiger partial charge in [0.25, 0.3) is 5.69 Å². The van der Waals surface area contributed by atoms with E-state index in [1.807, 2.05) is 30.3 Å². The highest BCUT2D eigenvalue weighted by Gasteiger charge is 2.30. The second-order valence-corrected chi connectivity index (χ2v) is 5.22. The number of nitrogens with zero attached hydrogens (tertiary/aromatic N) is 2. The Morgan fingerprint density at radius 3 is 2.67 bits per heavy atom. The largest absolute Gasteiger partial charge is 0.394 e. The van der Waals surface area contributed by atoms with E-state index in [9.17, 15) is 15.2 Å². The molecule has 1 aliphatic heterocycles. The average molecular weight is 284 g/mol. The van der Waals surface area contributed by atoms with Gasteiger partial charge in [-0.3, -0.25) is 10.1 Å². The molecule has 5 nitrogen and oxygen atoms in total. The molecule has 0 saturated carbocycles. The van der Waals surface area contributed by atoms with Gasteiger partial charge in [0.15, 0.2) is 0 Å². The molecule has 1 N–H and O–H groups in total. The summed E-state index contributed by atoms with van der Waals surface area (Å²) in [5.41, 5.74) is 3.16. The molecule has 0 amide bonds. The summed E-state index contributed by atoms with van der Waals surface area (Å²) < 4.78 is 0. The third kappa shape index (κ3) is 2.60. The molecule has 0 radical (unpaired) electrons. The average Bonchev–Trinajstić information content (AvgIpc) is 2.85. The summed E-state index contributed by atoms with van der Waals surface area (Å²) in [5.74, 6) is 0. The maximum absolute atomic E-state index is 10.9. The molecular weight excluding hydrogens is 268 g/mol. The molecule has 2 aromatic carbocycles. The Hall–Kier alpha value is -2.40. The van der Waals surface area contributed by atoms with E-state index in [0.717, 1.165) is 16.8 Å². The number of nitro benzene ring substituents is 1. The monoisotopic (exact) mass is 284 g/mol. The lowest BCUT2D eigenvalue weighted by molar-refractivity contribution is -0.384. The van der Waals surface area contributed by atoms with Crippen LogP contribution in [0.15, 0.2) is 48.5 Å². The second-order valence-electron chi connectivity index (χ2n) is 5.22. The number of hydrogen-bond donors (Lipinski definition) is 1. The van der Waals surface area contributed by atoms with Crippen LogP contribution in [-0.4, -0.2) is 22.7 Å². The molecule has 0 aliphatic carbocycles. The highest BCUT2D eigenvalue weighted by molar-refractivity contribution is 5.63. The molecular formula is C16H16N2O3. The van der Waals surface area contributed by atoms with Gasteiger partial charge >= 0.3 is 0 Å². The summed E-state index contributed by atoms with van der Waals surface area (Å²) in [7, 11) is 0. The van der Waals surface area contributed by atoms with Gasteiger partial charge < -0.3 is 10.0 Å². The van der Waals surface area contributed by atoms with Gasteiger partial charge in [-0.25, -0.2) is 0 Å². The molecule has 2 aromatic rings. The predicted molar refractivity (Wildman–Crippen MR) is 80.3 cm³/mol. The Morgan fingerprint density at radius 1 is 1.24 bits per heavy atom. The van der Waals surface area contributed by atoms with Gasteiger partial charge in [0, 0.05) is 24.4 Å². The van der Waals surface area contributed by atoms with Crippen LogP contribution < -0.4 is 4.90 Å². The van der Waals surface area contributed by atoms with E-state index < -0.39 is 0 Å². The van der Waals surface area contributed by atoms with Crippen LogP contribution in [0.3, 0.4) is 0 Å². The first-order valence-electron chi connectivity index (χ1n) is 6.88. The number of hydrogen-bond acceptors (Lipinski definition) is 4. The van der Waals surface area contributed by atoms with Crippen LogP contribution in [0.25, 0.3) is 0 Å². The van der Waals surface area contributed by atoms with Gasteiger partial charge in [0.1, 0.15) is 0 Å². The topological polar surface area (TPSA) is 66.6 Å². The molecule has 0 spiro atoms. The SMILES string of the molecule is O=[N+]([O-])c1ccc2c(c1)C[C@@H](CO)N2Cc1ccccc1. The first-order valence-corrected chi connectivity index (χ1v) is 6.88.